The van der Waals surface area contributed by atoms with Crippen molar-refractivity contribution in [1.82, 2.24) is 0 Å². The Morgan fingerprint density at radius 3 is 1.93 bits per heavy atom. The number of thiophene rings is 1. The first-order valence-electron chi connectivity index (χ1n) is 17.9. The summed E-state index contributed by atoms with van der Waals surface area (Å²) in [7, 11) is 0. The third-order valence-electron chi connectivity index (χ3n) is 10.0. The van der Waals surface area contributed by atoms with Crippen LogP contribution < -0.4 is 0 Å². The normalized spacial score (nSPS) is 12.2. The van der Waals surface area contributed by atoms with Crippen LogP contribution in [0.1, 0.15) is 16.7 Å². The third-order valence-corrected chi connectivity index (χ3v) is 11.2. The quantitative estimate of drug-likeness (QED) is 0.140. The number of rotatable bonds is 5. The van der Waals surface area contributed by atoms with Gasteiger partial charge in [-0.2, -0.15) is 0 Å². The molecular weight excluding hydrogens is 679 g/mol. The lowest BCUT2D eigenvalue weighted by atomic mass is 9.94. The Balaban J connectivity index is 1.02. The highest BCUT2D eigenvalue weighted by atomic mass is 32.1. The Hall–Kier alpha value is -6.95. The van der Waals surface area contributed by atoms with E-state index in [0.717, 1.165) is 55.1 Å². The van der Waals surface area contributed by atoms with E-state index >= 15 is 0 Å². The van der Waals surface area contributed by atoms with Gasteiger partial charge in [0.15, 0.2) is 11.7 Å². The minimum Gasteiger partial charge on any atom is -0.455 e. The number of furan rings is 1. The molecule has 0 atom stereocenters. The standard InChI is InChI=1S/C49H31N3OS/c50-48(33-11-3-1-4-12-33)52-49(34-13-5-2-6-14-34)51-30-31-19-21-32(22-20-31)35-23-25-44-41(27-35)43-29-40(37-15-7-8-17-39(37)47(43)53-44)36-24-26-46-42(28-36)38-16-9-10-18-45(38)54-46/h1-30,50H. The number of benzene rings is 8. The van der Waals surface area contributed by atoms with E-state index in [-0.39, 0.29) is 5.84 Å². The first kappa shape index (κ1) is 31.8. The fourth-order valence-corrected chi connectivity index (χ4v) is 8.42. The molecule has 0 fully saturated rings. The molecule has 0 spiro atoms. The van der Waals surface area contributed by atoms with Crippen LogP contribution in [0.2, 0.25) is 0 Å². The Morgan fingerprint density at radius 1 is 0.500 bits per heavy atom. The summed E-state index contributed by atoms with van der Waals surface area (Å²) in [4.78, 5) is 9.37. The molecule has 1 N–H and O–H groups in total. The van der Waals surface area contributed by atoms with Crippen molar-refractivity contribution in [3.8, 4) is 22.3 Å². The highest BCUT2D eigenvalue weighted by Gasteiger charge is 2.17. The second-order valence-electron chi connectivity index (χ2n) is 13.4. The summed E-state index contributed by atoms with van der Waals surface area (Å²) in [6.45, 7) is 0. The van der Waals surface area contributed by atoms with Gasteiger partial charge in [-0.3, -0.25) is 5.41 Å². The molecule has 254 valence electrons. The molecule has 0 saturated carbocycles. The molecule has 0 radical (unpaired) electrons. The number of hydrogen-bond acceptors (Lipinski definition) is 3. The van der Waals surface area contributed by atoms with Crippen LogP contribution >= 0.6 is 11.3 Å². The van der Waals surface area contributed by atoms with Gasteiger partial charge < -0.3 is 4.42 Å². The van der Waals surface area contributed by atoms with Crippen molar-refractivity contribution in [2.75, 3.05) is 0 Å². The van der Waals surface area contributed by atoms with Gasteiger partial charge in [0.2, 0.25) is 0 Å². The van der Waals surface area contributed by atoms with Crippen LogP contribution in [0, 0.1) is 5.41 Å². The maximum atomic E-state index is 8.59. The van der Waals surface area contributed by atoms with Crippen molar-refractivity contribution < 1.29 is 4.42 Å². The Bertz CT molecular complexity index is 3100. The first-order chi connectivity index (χ1) is 26.7. The Labute approximate surface area is 315 Å². The van der Waals surface area contributed by atoms with Crippen molar-refractivity contribution in [2.45, 2.75) is 0 Å². The molecule has 10 aromatic rings. The Morgan fingerprint density at radius 2 is 1.13 bits per heavy atom. The molecular formula is C49H31N3OS. The van der Waals surface area contributed by atoms with Crippen molar-refractivity contribution in [3.63, 3.8) is 0 Å². The summed E-state index contributed by atoms with van der Waals surface area (Å²) in [5, 5.41) is 15.7. The van der Waals surface area contributed by atoms with Gasteiger partial charge in [0, 0.05) is 53.7 Å². The molecule has 0 aliphatic rings. The number of nitrogens with zero attached hydrogens (tertiary/aromatic N) is 2. The number of hydrogen-bond donors (Lipinski definition) is 1. The van der Waals surface area contributed by atoms with Gasteiger partial charge in [-0.25, -0.2) is 9.98 Å². The second kappa shape index (κ2) is 13.2. The molecule has 0 bridgehead atoms. The molecule has 0 aliphatic carbocycles. The van der Waals surface area contributed by atoms with Gasteiger partial charge in [0.05, 0.1) is 0 Å². The lowest BCUT2D eigenvalue weighted by Crippen LogP contribution is -2.04. The zero-order valence-corrected chi connectivity index (χ0v) is 29.8. The highest BCUT2D eigenvalue weighted by Crippen LogP contribution is 2.43. The zero-order chi connectivity index (χ0) is 36.0. The van der Waals surface area contributed by atoms with Crippen LogP contribution in [0.4, 0.5) is 0 Å². The minimum absolute atomic E-state index is 0.168. The van der Waals surface area contributed by atoms with E-state index in [4.69, 9.17) is 14.8 Å². The molecule has 0 unspecified atom stereocenters. The molecule has 2 heterocycles. The van der Waals surface area contributed by atoms with Crippen LogP contribution in [-0.2, 0) is 0 Å². The molecule has 0 amide bonds. The number of aliphatic imine (C=N–C) groups is 2. The molecule has 8 aromatic carbocycles. The topological polar surface area (TPSA) is 61.7 Å². The predicted molar refractivity (Wildman–Crippen MR) is 229 cm³/mol. The monoisotopic (exact) mass is 709 g/mol. The first-order valence-corrected chi connectivity index (χ1v) is 18.7. The minimum atomic E-state index is 0.168. The van der Waals surface area contributed by atoms with E-state index in [2.05, 4.69) is 120 Å². The molecule has 10 rings (SSSR count). The van der Waals surface area contributed by atoms with E-state index in [9.17, 15) is 0 Å². The number of fused-ring (bicyclic) bond motifs is 8. The summed E-state index contributed by atoms with van der Waals surface area (Å²) in [5.74, 6) is 0.655. The molecule has 4 nitrogen and oxygen atoms in total. The highest BCUT2D eigenvalue weighted by molar-refractivity contribution is 7.25. The zero-order valence-electron chi connectivity index (χ0n) is 29.0. The van der Waals surface area contributed by atoms with Gasteiger partial charge in [-0.15, -0.1) is 11.3 Å². The van der Waals surface area contributed by atoms with Crippen molar-refractivity contribution in [2.24, 2.45) is 9.98 Å². The average molecular weight is 710 g/mol. The lowest BCUT2D eigenvalue weighted by Gasteiger charge is -2.09. The molecule has 54 heavy (non-hydrogen) atoms. The van der Waals surface area contributed by atoms with Crippen LogP contribution in [0.5, 0.6) is 0 Å². The molecule has 0 saturated heterocycles. The molecule has 2 aromatic heterocycles. The van der Waals surface area contributed by atoms with E-state index in [1.54, 1.807) is 0 Å². The lowest BCUT2D eigenvalue weighted by molar-refractivity contribution is 0.673. The van der Waals surface area contributed by atoms with Crippen LogP contribution in [0.15, 0.2) is 190 Å². The SMILES string of the molecule is N=C(N=C(N=Cc1ccc(-c2ccc3oc4c5ccccc5c(-c5ccc6sc7ccccc7c6c5)cc4c3c2)cc1)c1ccccc1)c1ccccc1. The van der Waals surface area contributed by atoms with Gasteiger partial charge >= 0.3 is 0 Å². The largest absolute Gasteiger partial charge is 0.455 e. The van der Waals surface area contributed by atoms with Crippen molar-refractivity contribution >= 4 is 82.1 Å². The molecule has 0 aliphatic heterocycles. The predicted octanol–water partition coefficient (Wildman–Crippen LogP) is 13.3. The van der Waals surface area contributed by atoms with E-state index < -0.39 is 0 Å². The van der Waals surface area contributed by atoms with E-state index in [1.807, 2.05) is 78.2 Å². The van der Waals surface area contributed by atoms with Crippen LogP contribution in [0.3, 0.4) is 0 Å². The summed E-state index contributed by atoms with van der Waals surface area (Å²) in [5.41, 5.74) is 8.91. The summed E-state index contributed by atoms with van der Waals surface area (Å²) < 4.78 is 9.20. The summed E-state index contributed by atoms with van der Waals surface area (Å²) in [6, 6.07) is 60.6. The summed E-state index contributed by atoms with van der Waals surface area (Å²) >= 11 is 1.84. The maximum absolute atomic E-state index is 8.59. The number of nitrogens with one attached hydrogen (secondary N) is 1. The van der Waals surface area contributed by atoms with Gasteiger partial charge in [0.1, 0.15) is 11.2 Å². The van der Waals surface area contributed by atoms with Crippen molar-refractivity contribution in [3.05, 3.63) is 193 Å². The summed E-state index contributed by atoms with van der Waals surface area (Å²) in [6.07, 6.45) is 1.81. The fourth-order valence-electron chi connectivity index (χ4n) is 7.33. The average Bonchev–Trinajstić information content (AvgIpc) is 3.80. The van der Waals surface area contributed by atoms with Crippen LogP contribution in [-0.4, -0.2) is 17.9 Å². The van der Waals surface area contributed by atoms with Crippen molar-refractivity contribution in [1.29, 1.82) is 5.41 Å². The smallest absolute Gasteiger partial charge is 0.161 e. The number of amidine groups is 2. The van der Waals surface area contributed by atoms with Gasteiger partial charge in [0.25, 0.3) is 0 Å². The van der Waals surface area contributed by atoms with Gasteiger partial charge in [-0.05, 0) is 69.6 Å². The maximum Gasteiger partial charge on any atom is 0.161 e. The molecule has 5 heteroatoms. The van der Waals surface area contributed by atoms with Gasteiger partial charge in [-0.1, -0.05) is 140 Å². The van der Waals surface area contributed by atoms with Crippen LogP contribution in [0.25, 0.3) is 75.1 Å². The Kier molecular flexibility index (Phi) is 7.78. The third kappa shape index (κ3) is 5.68. The van der Waals surface area contributed by atoms with E-state index in [1.165, 1.54) is 36.7 Å². The fraction of sp³-hybridized carbons (Fsp3) is 0. The second-order valence-corrected chi connectivity index (χ2v) is 14.4. The van der Waals surface area contributed by atoms with E-state index in [0.29, 0.717) is 5.84 Å².